The monoisotopic (exact) mass is 277 g/mol. The van der Waals surface area contributed by atoms with E-state index in [0.29, 0.717) is 0 Å². The van der Waals surface area contributed by atoms with Gasteiger partial charge in [-0.2, -0.15) is 0 Å². The zero-order chi connectivity index (χ0) is 14.9. The van der Waals surface area contributed by atoms with Gasteiger partial charge in [-0.25, -0.2) is 4.79 Å². The number of nitro groups is 1. The molecule has 1 aromatic rings. The molecule has 1 fully saturated rings. The lowest BCUT2D eigenvalue weighted by Crippen LogP contribution is -2.30. The highest BCUT2D eigenvalue weighted by molar-refractivity contribution is 6.14. The number of carbonyl (C=O) groups excluding carboxylic acids is 2. The van der Waals surface area contributed by atoms with E-state index in [-0.39, 0.29) is 17.8 Å². The zero-order valence-electron chi connectivity index (χ0n) is 10.5. The second-order valence-corrected chi connectivity index (χ2v) is 4.01. The summed E-state index contributed by atoms with van der Waals surface area (Å²) in [4.78, 5) is 34.3. The summed E-state index contributed by atoms with van der Waals surface area (Å²) in [5, 5.41) is 22.8. The topological polar surface area (TPSA) is 113 Å². The van der Waals surface area contributed by atoms with Gasteiger partial charge in [-0.15, -0.1) is 0 Å². The zero-order valence-corrected chi connectivity index (χ0v) is 10.5. The minimum atomic E-state index is -0.731. The standard InChI is InChI=1S/C12H11N3O5/c1-2-14-11(17)8(13-12(14)18)6-7-4-3-5-9(10(7)16)15(19)20/h3-6,16H,2H2,1H3,(H,13,18)/b8-6+. The normalized spacial score (nSPS) is 16.6. The molecular formula is C12H11N3O5. The van der Waals surface area contributed by atoms with Crippen LogP contribution in [0.4, 0.5) is 10.5 Å². The maximum atomic E-state index is 11.8. The Hall–Kier alpha value is -2.90. The molecule has 0 radical (unpaired) electrons. The van der Waals surface area contributed by atoms with Gasteiger partial charge in [0.2, 0.25) is 5.75 Å². The first kappa shape index (κ1) is 13.5. The molecule has 0 saturated carbocycles. The Morgan fingerprint density at radius 1 is 1.45 bits per heavy atom. The van der Waals surface area contributed by atoms with Gasteiger partial charge in [0.25, 0.3) is 5.91 Å². The van der Waals surface area contributed by atoms with Crippen molar-refractivity contribution in [2.75, 3.05) is 6.54 Å². The van der Waals surface area contributed by atoms with Gasteiger partial charge in [0.15, 0.2) is 0 Å². The molecule has 1 aliphatic heterocycles. The van der Waals surface area contributed by atoms with E-state index in [2.05, 4.69) is 5.32 Å². The lowest BCUT2D eigenvalue weighted by atomic mass is 10.1. The molecule has 8 nitrogen and oxygen atoms in total. The van der Waals surface area contributed by atoms with Crippen molar-refractivity contribution in [3.63, 3.8) is 0 Å². The molecule has 1 saturated heterocycles. The van der Waals surface area contributed by atoms with E-state index in [9.17, 15) is 24.8 Å². The Balaban J connectivity index is 2.42. The highest BCUT2D eigenvalue weighted by atomic mass is 16.6. The predicted molar refractivity (Wildman–Crippen MR) is 68.7 cm³/mol. The van der Waals surface area contributed by atoms with Crippen LogP contribution in [0.15, 0.2) is 23.9 Å². The molecule has 3 amide bonds. The molecule has 1 aromatic carbocycles. The van der Waals surface area contributed by atoms with E-state index in [1.807, 2.05) is 0 Å². The lowest BCUT2D eigenvalue weighted by Gasteiger charge is -2.06. The molecule has 0 aliphatic carbocycles. The SMILES string of the molecule is CCN1C(=O)N/C(=C/c2cccc([N+](=O)[O-])c2O)C1=O. The number of amides is 3. The van der Waals surface area contributed by atoms with Crippen LogP contribution in [0.5, 0.6) is 5.75 Å². The van der Waals surface area contributed by atoms with Gasteiger partial charge in [0.1, 0.15) is 5.70 Å². The average Bonchev–Trinajstić information content (AvgIpc) is 2.66. The van der Waals surface area contributed by atoms with Gasteiger partial charge >= 0.3 is 11.7 Å². The maximum absolute atomic E-state index is 11.8. The van der Waals surface area contributed by atoms with Crippen LogP contribution >= 0.6 is 0 Å². The number of para-hydroxylation sites is 1. The van der Waals surface area contributed by atoms with Crippen LogP contribution in [0.1, 0.15) is 12.5 Å². The van der Waals surface area contributed by atoms with E-state index < -0.39 is 28.3 Å². The second kappa shape index (κ2) is 5.00. The quantitative estimate of drug-likeness (QED) is 0.373. The van der Waals surface area contributed by atoms with Crippen LogP contribution < -0.4 is 5.32 Å². The minimum absolute atomic E-state index is 0.0346. The van der Waals surface area contributed by atoms with Gasteiger partial charge in [-0.1, -0.05) is 12.1 Å². The van der Waals surface area contributed by atoms with Gasteiger partial charge in [0, 0.05) is 18.2 Å². The smallest absolute Gasteiger partial charge is 0.328 e. The molecule has 0 aromatic heterocycles. The first-order valence-electron chi connectivity index (χ1n) is 5.76. The summed E-state index contributed by atoms with van der Waals surface area (Å²) in [5.41, 5.74) is -0.420. The highest BCUT2D eigenvalue weighted by Gasteiger charge is 2.32. The third kappa shape index (κ3) is 2.18. The molecular weight excluding hydrogens is 266 g/mol. The Morgan fingerprint density at radius 2 is 2.15 bits per heavy atom. The predicted octanol–water partition coefficient (Wildman–Crippen LogP) is 1.21. The molecule has 104 valence electrons. The van der Waals surface area contributed by atoms with Gasteiger partial charge in [0.05, 0.1) is 4.92 Å². The van der Waals surface area contributed by atoms with Crippen molar-refractivity contribution in [1.29, 1.82) is 0 Å². The number of hydrogen-bond acceptors (Lipinski definition) is 5. The van der Waals surface area contributed by atoms with Crippen LogP contribution in [-0.2, 0) is 4.79 Å². The fourth-order valence-electron chi connectivity index (χ4n) is 1.83. The maximum Gasteiger partial charge on any atom is 0.328 e. The molecule has 0 unspecified atom stereocenters. The number of nitrogens with one attached hydrogen (secondary N) is 1. The van der Waals surface area contributed by atoms with Crippen molar-refractivity contribution in [2.24, 2.45) is 0 Å². The molecule has 20 heavy (non-hydrogen) atoms. The molecule has 1 aliphatic rings. The van der Waals surface area contributed by atoms with Crippen molar-refractivity contribution in [3.8, 4) is 5.75 Å². The minimum Gasteiger partial charge on any atom is -0.502 e. The number of likely N-dealkylation sites (N-methyl/N-ethyl adjacent to an activating group) is 1. The number of imide groups is 1. The summed E-state index contributed by atoms with van der Waals surface area (Å²) >= 11 is 0. The number of nitrogens with zero attached hydrogens (tertiary/aromatic N) is 2. The van der Waals surface area contributed by atoms with E-state index in [1.165, 1.54) is 18.2 Å². The fourth-order valence-corrected chi connectivity index (χ4v) is 1.83. The third-order valence-corrected chi connectivity index (χ3v) is 2.82. The molecule has 0 atom stereocenters. The Kier molecular flexibility index (Phi) is 3.38. The summed E-state index contributed by atoms with van der Waals surface area (Å²) in [5.74, 6) is -1.09. The molecule has 1 heterocycles. The lowest BCUT2D eigenvalue weighted by molar-refractivity contribution is -0.385. The van der Waals surface area contributed by atoms with Crippen LogP contribution in [0.25, 0.3) is 6.08 Å². The number of benzene rings is 1. The summed E-state index contributed by atoms with van der Waals surface area (Å²) in [6, 6.07) is 3.37. The fraction of sp³-hybridized carbons (Fsp3) is 0.167. The number of rotatable bonds is 3. The Labute approximate surface area is 113 Å². The average molecular weight is 277 g/mol. The van der Waals surface area contributed by atoms with E-state index in [1.54, 1.807) is 6.92 Å². The number of phenolic OH excluding ortho intramolecular Hbond substituents is 1. The molecule has 0 bridgehead atoms. The number of hydrogen-bond donors (Lipinski definition) is 2. The Morgan fingerprint density at radius 3 is 2.70 bits per heavy atom. The largest absolute Gasteiger partial charge is 0.502 e. The van der Waals surface area contributed by atoms with Crippen molar-refractivity contribution >= 4 is 23.7 Å². The van der Waals surface area contributed by atoms with Gasteiger partial charge < -0.3 is 10.4 Å². The number of nitro benzene ring substituents is 1. The summed E-state index contributed by atoms with van der Waals surface area (Å²) in [7, 11) is 0. The van der Waals surface area contributed by atoms with E-state index >= 15 is 0 Å². The third-order valence-electron chi connectivity index (χ3n) is 2.82. The van der Waals surface area contributed by atoms with Crippen LogP contribution in [0, 0.1) is 10.1 Å². The van der Waals surface area contributed by atoms with Gasteiger partial charge in [-0.05, 0) is 13.0 Å². The van der Waals surface area contributed by atoms with Crippen molar-refractivity contribution in [2.45, 2.75) is 6.92 Å². The van der Waals surface area contributed by atoms with E-state index in [4.69, 9.17) is 0 Å². The van der Waals surface area contributed by atoms with Crippen molar-refractivity contribution < 1.29 is 19.6 Å². The molecule has 2 rings (SSSR count). The van der Waals surface area contributed by atoms with Crippen molar-refractivity contribution in [1.82, 2.24) is 10.2 Å². The number of carbonyl (C=O) groups is 2. The molecule has 8 heteroatoms. The molecule has 0 spiro atoms. The second-order valence-electron chi connectivity index (χ2n) is 4.01. The number of urea groups is 1. The van der Waals surface area contributed by atoms with Crippen molar-refractivity contribution in [3.05, 3.63) is 39.6 Å². The molecule has 2 N–H and O–H groups in total. The highest BCUT2D eigenvalue weighted by Crippen LogP contribution is 2.31. The number of phenols is 1. The van der Waals surface area contributed by atoms with Gasteiger partial charge in [-0.3, -0.25) is 19.8 Å². The first-order valence-corrected chi connectivity index (χ1v) is 5.76. The number of aromatic hydroxyl groups is 1. The summed E-state index contributed by atoms with van der Waals surface area (Å²) in [6.45, 7) is 1.86. The van der Waals surface area contributed by atoms with Crippen LogP contribution in [-0.4, -0.2) is 33.4 Å². The first-order chi connectivity index (χ1) is 9.45. The Bertz CT molecular complexity index is 638. The van der Waals surface area contributed by atoms with Crippen LogP contribution in [0.3, 0.4) is 0 Å². The summed E-state index contributed by atoms with van der Waals surface area (Å²) in [6.07, 6.45) is 1.21. The summed E-state index contributed by atoms with van der Waals surface area (Å²) < 4.78 is 0. The van der Waals surface area contributed by atoms with E-state index in [0.717, 1.165) is 11.0 Å². The van der Waals surface area contributed by atoms with Crippen LogP contribution in [0.2, 0.25) is 0 Å².